The Hall–Kier alpha value is -3.85. The number of nitrogens with two attached hydrogens (primary N) is 1. The van der Waals surface area contributed by atoms with E-state index in [1.165, 1.54) is 6.33 Å². The molecular weight excluding hydrogens is 430 g/mol. The first-order valence-electron chi connectivity index (χ1n) is 9.85. The predicted octanol–water partition coefficient (Wildman–Crippen LogP) is 1.98. The van der Waals surface area contributed by atoms with Gasteiger partial charge in [-0.15, -0.1) is 0 Å². The number of rotatable bonds is 5. The molecule has 1 aliphatic heterocycles. The lowest BCUT2D eigenvalue weighted by Gasteiger charge is -2.31. The van der Waals surface area contributed by atoms with Gasteiger partial charge in [0.1, 0.15) is 18.0 Å². The zero-order chi connectivity index (χ0) is 22.2. The minimum absolute atomic E-state index is 0.325. The van der Waals surface area contributed by atoms with Crippen LogP contribution in [0.4, 0.5) is 11.5 Å². The van der Waals surface area contributed by atoms with Gasteiger partial charge in [-0.1, -0.05) is 23.7 Å². The quantitative estimate of drug-likeness (QED) is 0.496. The highest BCUT2D eigenvalue weighted by Crippen LogP contribution is 2.30. The Morgan fingerprint density at radius 2 is 1.84 bits per heavy atom. The topological polar surface area (TPSA) is 104 Å². The molecule has 10 heteroatoms. The van der Waals surface area contributed by atoms with Crippen LogP contribution in [0.3, 0.4) is 0 Å². The standard InChI is InChI=1S/C22H20ClN7O2/c1-31-17-7-13-9-30(16-6-4-3-5-14(16)23)19(28-15(13)8-18(17)32-2)10-29-12-27-20-21(24)25-11-26-22(20)29/h3-9,11-12,19H,10H2,1-2H3,(H2,24,25,26). The number of halogens is 1. The number of aromatic nitrogens is 4. The fourth-order valence-corrected chi connectivity index (χ4v) is 4.02. The van der Waals surface area contributed by atoms with Crippen molar-refractivity contribution in [3.63, 3.8) is 0 Å². The smallest absolute Gasteiger partial charge is 0.165 e. The number of nitrogens with zero attached hydrogens (tertiary/aromatic N) is 6. The molecule has 32 heavy (non-hydrogen) atoms. The first-order chi connectivity index (χ1) is 15.6. The summed E-state index contributed by atoms with van der Waals surface area (Å²) in [6, 6.07) is 11.4. The Kier molecular flexibility index (Phi) is 5.02. The summed E-state index contributed by atoms with van der Waals surface area (Å²) >= 11 is 6.55. The molecule has 3 heterocycles. The zero-order valence-corrected chi connectivity index (χ0v) is 18.2. The second-order valence-corrected chi connectivity index (χ2v) is 7.60. The van der Waals surface area contributed by atoms with Gasteiger partial charge in [0.15, 0.2) is 23.0 Å². The Bertz CT molecular complexity index is 1440. The van der Waals surface area contributed by atoms with Crippen molar-refractivity contribution in [3.8, 4) is 11.5 Å². The minimum atomic E-state index is -0.325. The zero-order valence-electron chi connectivity index (χ0n) is 17.4. The summed E-state index contributed by atoms with van der Waals surface area (Å²) in [5.41, 5.74) is 7.99. The van der Waals surface area contributed by atoms with Gasteiger partial charge >= 0.3 is 0 Å². The van der Waals surface area contributed by atoms with Gasteiger partial charge in [0.25, 0.3) is 0 Å². The SMILES string of the molecule is COc1cc2c(cc1OC)=NC(Cn1cnc3c(N)ncnc31)N(c1ccccc1Cl)C=2. The van der Waals surface area contributed by atoms with E-state index in [0.717, 1.165) is 16.3 Å². The third kappa shape index (κ3) is 3.36. The third-order valence-corrected chi connectivity index (χ3v) is 5.66. The van der Waals surface area contributed by atoms with Crippen molar-refractivity contribution in [1.82, 2.24) is 19.5 Å². The number of ether oxygens (including phenoxy) is 2. The van der Waals surface area contributed by atoms with Crippen molar-refractivity contribution >= 4 is 40.5 Å². The van der Waals surface area contributed by atoms with Gasteiger partial charge in [0, 0.05) is 17.5 Å². The highest BCUT2D eigenvalue weighted by molar-refractivity contribution is 6.33. The fourth-order valence-electron chi connectivity index (χ4n) is 3.79. The molecule has 1 atom stereocenters. The van der Waals surface area contributed by atoms with Gasteiger partial charge < -0.3 is 24.7 Å². The molecule has 0 aliphatic carbocycles. The summed E-state index contributed by atoms with van der Waals surface area (Å²) in [5.74, 6) is 1.58. The van der Waals surface area contributed by atoms with Gasteiger partial charge in [0.05, 0.1) is 43.2 Å². The summed E-state index contributed by atoms with van der Waals surface area (Å²) < 4.78 is 12.8. The molecule has 0 fully saturated rings. The van der Waals surface area contributed by atoms with Crippen LogP contribution in [0, 0.1) is 0 Å². The summed E-state index contributed by atoms with van der Waals surface area (Å²) in [4.78, 5) is 19.8. The molecule has 162 valence electrons. The Morgan fingerprint density at radius 3 is 2.62 bits per heavy atom. The highest BCUT2D eigenvalue weighted by atomic mass is 35.5. The van der Waals surface area contributed by atoms with Crippen LogP contribution >= 0.6 is 11.6 Å². The van der Waals surface area contributed by atoms with Crippen molar-refractivity contribution in [2.24, 2.45) is 4.99 Å². The van der Waals surface area contributed by atoms with E-state index < -0.39 is 0 Å². The molecule has 2 N–H and O–H groups in total. The number of benzene rings is 2. The summed E-state index contributed by atoms with van der Waals surface area (Å²) in [6.07, 6.45) is 4.81. The van der Waals surface area contributed by atoms with E-state index >= 15 is 0 Å². The van der Waals surface area contributed by atoms with Crippen molar-refractivity contribution in [1.29, 1.82) is 0 Å². The molecular formula is C22H20ClN7O2. The van der Waals surface area contributed by atoms with Gasteiger partial charge in [0.2, 0.25) is 0 Å². The largest absolute Gasteiger partial charge is 0.493 e. The molecule has 9 nitrogen and oxygen atoms in total. The first-order valence-corrected chi connectivity index (χ1v) is 10.2. The van der Waals surface area contributed by atoms with Crippen LogP contribution in [0.15, 0.2) is 54.0 Å². The van der Waals surface area contributed by atoms with Crippen molar-refractivity contribution in [2.75, 3.05) is 24.9 Å². The van der Waals surface area contributed by atoms with E-state index in [2.05, 4.69) is 15.0 Å². The number of para-hydroxylation sites is 1. The van der Waals surface area contributed by atoms with Crippen LogP contribution in [0.1, 0.15) is 0 Å². The Balaban J connectivity index is 1.67. The molecule has 0 saturated carbocycles. The molecule has 0 radical (unpaired) electrons. The molecule has 0 amide bonds. The van der Waals surface area contributed by atoms with Crippen LogP contribution < -0.4 is 30.7 Å². The number of methoxy groups -OCH3 is 2. The molecule has 2 aromatic heterocycles. The number of fused-ring (bicyclic) bond motifs is 2. The van der Waals surface area contributed by atoms with Crippen LogP contribution in [-0.4, -0.2) is 39.9 Å². The number of imidazole rings is 1. The molecule has 2 aromatic carbocycles. The summed E-state index contributed by atoms with van der Waals surface area (Å²) in [5, 5.41) is 2.30. The maximum atomic E-state index is 6.55. The van der Waals surface area contributed by atoms with E-state index in [1.807, 2.05) is 52.1 Å². The number of nitrogen functional groups attached to an aromatic ring is 1. The normalized spacial score (nSPS) is 15.1. The third-order valence-electron chi connectivity index (χ3n) is 5.34. The van der Waals surface area contributed by atoms with E-state index in [9.17, 15) is 0 Å². The fraction of sp³-hybridized carbons (Fsp3) is 0.182. The average molecular weight is 450 g/mol. The summed E-state index contributed by atoms with van der Waals surface area (Å²) in [7, 11) is 3.21. The molecule has 0 spiro atoms. The first kappa shape index (κ1) is 20.1. The lowest BCUT2D eigenvalue weighted by Crippen LogP contribution is -2.44. The molecule has 0 saturated heterocycles. The van der Waals surface area contributed by atoms with Gasteiger partial charge in [-0.3, -0.25) is 4.99 Å². The minimum Gasteiger partial charge on any atom is -0.493 e. The maximum Gasteiger partial charge on any atom is 0.165 e. The van der Waals surface area contributed by atoms with E-state index in [-0.39, 0.29) is 6.17 Å². The summed E-state index contributed by atoms with van der Waals surface area (Å²) in [6.45, 7) is 0.461. The van der Waals surface area contributed by atoms with E-state index in [0.29, 0.717) is 40.0 Å². The second kappa shape index (κ2) is 8.01. The van der Waals surface area contributed by atoms with Crippen molar-refractivity contribution in [2.45, 2.75) is 12.7 Å². The Labute approximate surface area is 188 Å². The van der Waals surface area contributed by atoms with Gasteiger partial charge in [-0.25, -0.2) is 15.0 Å². The van der Waals surface area contributed by atoms with Gasteiger partial charge in [-0.2, -0.15) is 0 Å². The lowest BCUT2D eigenvalue weighted by molar-refractivity contribution is 0.354. The number of hydrogen-bond donors (Lipinski definition) is 1. The molecule has 1 aliphatic rings. The molecule has 5 rings (SSSR count). The number of anilines is 2. The van der Waals surface area contributed by atoms with E-state index in [1.54, 1.807) is 20.5 Å². The second-order valence-electron chi connectivity index (χ2n) is 7.19. The monoisotopic (exact) mass is 449 g/mol. The van der Waals surface area contributed by atoms with Crippen LogP contribution in [0.25, 0.3) is 17.4 Å². The van der Waals surface area contributed by atoms with E-state index in [4.69, 9.17) is 31.8 Å². The van der Waals surface area contributed by atoms with Crippen LogP contribution in [0.2, 0.25) is 5.02 Å². The van der Waals surface area contributed by atoms with Crippen molar-refractivity contribution in [3.05, 3.63) is 64.7 Å². The maximum absolute atomic E-state index is 6.55. The molecule has 0 bridgehead atoms. The highest BCUT2D eigenvalue weighted by Gasteiger charge is 2.24. The van der Waals surface area contributed by atoms with Crippen LogP contribution in [-0.2, 0) is 6.54 Å². The predicted molar refractivity (Wildman–Crippen MR) is 122 cm³/mol. The number of hydrogen-bond acceptors (Lipinski definition) is 8. The molecule has 1 unspecified atom stereocenters. The van der Waals surface area contributed by atoms with Gasteiger partial charge in [-0.05, 0) is 18.2 Å². The average Bonchev–Trinajstić information content (AvgIpc) is 3.22. The Morgan fingerprint density at radius 1 is 1.06 bits per heavy atom. The molecule has 4 aromatic rings. The lowest BCUT2D eigenvalue weighted by atomic mass is 10.2. The van der Waals surface area contributed by atoms with Crippen molar-refractivity contribution < 1.29 is 9.47 Å². The van der Waals surface area contributed by atoms with Crippen LogP contribution in [0.5, 0.6) is 11.5 Å².